The average Bonchev–Trinajstić information content (AvgIpc) is 2.86. The van der Waals surface area contributed by atoms with Gasteiger partial charge in [-0.25, -0.2) is 4.79 Å². The summed E-state index contributed by atoms with van der Waals surface area (Å²) in [7, 11) is 2.54. The fourth-order valence-corrected chi connectivity index (χ4v) is 6.98. The monoisotopic (exact) mass is 808 g/mol. The highest BCUT2D eigenvalue weighted by molar-refractivity contribution is 14.1. The Kier molecular flexibility index (Phi) is 8.76. The van der Waals surface area contributed by atoms with Gasteiger partial charge in [-0.05, 0) is 76.7 Å². The van der Waals surface area contributed by atoms with Crippen molar-refractivity contribution in [1.82, 2.24) is 0 Å². The molecule has 0 aromatic heterocycles. The molecule has 0 unspecified atom stereocenters. The van der Waals surface area contributed by atoms with Crippen molar-refractivity contribution in [2.75, 3.05) is 14.2 Å². The standard InChI is InChI=1S/C24H14Cl4I2O7/c1-7-5-9-12(13-14(24(32)37-34-4)16(26)18(28)17(27)15(13)25)10-6-11(29)23(36-33-3)19(30)22(10)35-21(9)8(2)20(7)31/h5-6H,1-4H3. The minimum atomic E-state index is -0.956. The summed E-state index contributed by atoms with van der Waals surface area (Å²) in [6.45, 7) is 3.32. The maximum absolute atomic E-state index is 13.1. The second-order valence-electron chi connectivity index (χ2n) is 7.67. The number of carbonyl (C=O) groups is 1. The van der Waals surface area contributed by atoms with Gasteiger partial charge in [-0.15, -0.1) is 0 Å². The molecule has 2 aromatic carbocycles. The molecular formula is C24H14Cl4I2O7. The SMILES string of the molecule is COOC(=O)c1c(Cl)c(Cl)c(Cl)c(Cl)c1-c1c2cc(C)c(=O)c(C)c-2oc2c(I)c(OOC)c(I)cc12. The van der Waals surface area contributed by atoms with Gasteiger partial charge in [0.1, 0.15) is 9.33 Å². The third kappa shape index (κ3) is 4.79. The van der Waals surface area contributed by atoms with Gasteiger partial charge in [0.2, 0.25) is 0 Å². The number of fused-ring (bicyclic) bond motifs is 2. The van der Waals surface area contributed by atoms with Crippen LogP contribution in [0.2, 0.25) is 20.1 Å². The van der Waals surface area contributed by atoms with Gasteiger partial charge in [0.15, 0.2) is 16.8 Å². The fraction of sp³-hybridized carbons (Fsp3) is 0.167. The summed E-state index contributed by atoms with van der Waals surface area (Å²) >= 11 is 30.2. The predicted octanol–water partition coefficient (Wildman–Crippen LogP) is 8.66. The van der Waals surface area contributed by atoms with Gasteiger partial charge in [-0.3, -0.25) is 9.68 Å². The first-order chi connectivity index (χ1) is 17.5. The molecule has 0 bridgehead atoms. The van der Waals surface area contributed by atoms with Gasteiger partial charge in [0.25, 0.3) is 0 Å². The molecule has 0 fully saturated rings. The molecule has 0 N–H and O–H groups in total. The molecule has 7 nitrogen and oxygen atoms in total. The topological polar surface area (TPSA) is 84.2 Å². The van der Waals surface area contributed by atoms with Gasteiger partial charge in [0.05, 0.1) is 43.4 Å². The van der Waals surface area contributed by atoms with Crippen molar-refractivity contribution < 1.29 is 28.8 Å². The van der Waals surface area contributed by atoms with Crippen LogP contribution in [0.5, 0.6) is 5.75 Å². The van der Waals surface area contributed by atoms with Crippen LogP contribution in [0.4, 0.5) is 0 Å². The quantitative estimate of drug-likeness (QED) is 0.0499. The van der Waals surface area contributed by atoms with Crippen LogP contribution in [0.15, 0.2) is 21.3 Å². The van der Waals surface area contributed by atoms with Crippen LogP contribution >= 0.6 is 91.6 Å². The highest BCUT2D eigenvalue weighted by atomic mass is 127. The molecule has 0 amide bonds. The molecule has 2 aromatic rings. The summed E-state index contributed by atoms with van der Waals surface area (Å²) in [5.41, 5.74) is 1.78. The van der Waals surface area contributed by atoms with Crippen molar-refractivity contribution in [3.63, 3.8) is 0 Å². The lowest BCUT2D eigenvalue weighted by molar-refractivity contribution is -0.216. The van der Waals surface area contributed by atoms with Crippen LogP contribution in [-0.2, 0) is 14.7 Å². The van der Waals surface area contributed by atoms with E-state index in [1.807, 2.05) is 22.6 Å². The van der Waals surface area contributed by atoms with E-state index in [9.17, 15) is 9.59 Å². The lowest BCUT2D eigenvalue weighted by Crippen LogP contribution is -2.13. The second-order valence-corrected chi connectivity index (χ2v) is 11.4. The first kappa shape index (κ1) is 28.9. The minimum Gasteiger partial charge on any atom is -0.454 e. The zero-order valence-corrected chi connectivity index (χ0v) is 26.6. The highest BCUT2D eigenvalue weighted by Gasteiger charge is 2.33. The molecule has 194 valence electrons. The molecule has 1 heterocycles. The molecular weight excluding hydrogens is 796 g/mol. The number of benzene rings is 3. The van der Waals surface area contributed by atoms with E-state index < -0.39 is 5.97 Å². The Hall–Kier alpha value is -1.06. The summed E-state index contributed by atoms with van der Waals surface area (Å²) in [6, 6.07) is 3.42. The van der Waals surface area contributed by atoms with E-state index in [1.54, 1.807) is 26.0 Å². The summed E-state index contributed by atoms with van der Waals surface area (Å²) in [5, 5.41) is 0.0648. The van der Waals surface area contributed by atoms with E-state index in [4.69, 9.17) is 65.5 Å². The summed E-state index contributed by atoms with van der Waals surface area (Å²) < 4.78 is 7.50. The summed E-state index contributed by atoms with van der Waals surface area (Å²) in [5.74, 6) is -0.290. The Bertz CT molecular complexity index is 1640. The molecule has 13 heteroatoms. The Morgan fingerprint density at radius 1 is 0.919 bits per heavy atom. The van der Waals surface area contributed by atoms with E-state index in [0.29, 0.717) is 46.1 Å². The summed E-state index contributed by atoms with van der Waals surface area (Å²) in [6.07, 6.45) is 0. The van der Waals surface area contributed by atoms with Crippen molar-refractivity contribution in [1.29, 1.82) is 0 Å². The molecule has 0 radical (unpaired) electrons. The smallest absolute Gasteiger partial charge is 0.375 e. The van der Waals surface area contributed by atoms with Gasteiger partial charge < -0.3 is 9.30 Å². The fourth-order valence-electron chi connectivity index (χ4n) is 3.99. The molecule has 0 atom stereocenters. The lowest BCUT2D eigenvalue weighted by atomic mass is 9.88. The van der Waals surface area contributed by atoms with Crippen LogP contribution in [0.1, 0.15) is 21.5 Å². The number of carbonyl (C=O) groups excluding carboxylic acids is 1. The Morgan fingerprint density at radius 3 is 2.19 bits per heavy atom. The van der Waals surface area contributed by atoms with E-state index >= 15 is 0 Å². The Morgan fingerprint density at radius 2 is 1.57 bits per heavy atom. The maximum Gasteiger partial charge on any atom is 0.375 e. The second kappa shape index (κ2) is 11.2. The van der Waals surface area contributed by atoms with Crippen LogP contribution in [0, 0.1) is 21.0 Å². The van der Waals surface area contributed by atoms with Gasteiger partial charge in [-0.1, -0.05) is 46.4 Å². The zero-order valence-electron chi connectivity index (χ0n) is 19.3. The van der Waals surface area contributed by atoms with Crippen LogP contribution in [0.3, 0.4) is 0 Å². The van der Waals surface area contributed by atoms with E-state index in [0.717, 1.165) is 0 Å². The number of aryl methyl sites for hydroxylation is 1. The highest BCUT2D eigenvalue weighted by Crippen LogP contribution is 2.52. The third-order valence-electron chi connectivity index (χ3n) is 5.57. The number of hydrogen-bond acceptors (Lipinski definition) is 7. The molecule has 1 aliphatic carbocycles. The normalized spacial score (nSPS) is 11.4. The summed E-state index contributed by atoms with van der Waals surface area (Å²) in [4.78, 5) is 45.7. The largest absolute Gasteiger partial charge is 0.454 e. The first-order valence-electron chi connectivity index (χ1n) is 10.2. The molecule has 4 rings (SSSR count). The van der Waals surface area contributed by atoms with Crippen LogP contribution < -0.4 is 10.3 Å². The minimum absolute atomic E-state index is 0.0586. The van der Waals surface area contributed by atoms with Crippen molar-refractivity contribution in [2.24, 2.45) is 0 Å². The Balaban J connectivity index is 2.36. The zero-order chi connectivity index (χ0) is 27.3. The van der Waals surface area contributed by atoms with Gasteiger partial charge in [-0.2, -0.15) is 9.78 Å². The molecule has 0 saturated heterocycles. The van der Waals surface area contributed by atoms with Crippen LogP contribution in [0.25, 0.3) is 33.4 Å². The average molecular weight is 810 g/mol. The van der Waals surface area contributed by atoms with Gasteiger partial charge >= 0.3 is 5.97 Å². The molecule has 37 heavy (non-hydrogen) atoms. The molecule has 0 spiro atoms. The number of hydrogen-bond donors (Lipinski definition) is 0. The predicted molar refractivity (Wildman–Crippen MR) is 160 cm³/mol. The molecule has 1 aliphatic heterocycles. The Labute approximate surface area is 257 Å². The number of rotatable bonds is 5. The van der Waals surface area contributed by atoms with Crippen molar-refractivity contribution in [2.45, 2.75) is 13.8 Å². The lowest BCUT2D eigenvalue weighted by Gasteiger charge is -2.22. The van der Waals surface area contributed by atoms with Crippen molar-refractivity contribution in [3.8, 4) is 28.2 Å². The van der Waals surface area contributed by atoms with Crippen molar-refractivity contribution in [3.05, 3.63) is 66.3 Å². The van der Waals surface area contributed by atoms with Crippen molar-refractivity contribution >= 4 is 109 Å². The van der Waals surface area contributed by atoms with Gasteiger partial charge in [0, 0.05) is 27.6 Å². The van der Waals surface area contributed by atoms with E-state index in [-0.39, 0.29) is 42.4 Å². The van der Waals surface area contributed by atoms with E-state index in [2.05, 4.69) is 27.5 Å². The first-order valence-corrected chi connectivity index (χ1v) is 13.8. The molecule has 2 aliphatic rings. The number of halogens is 6. The molecule has 0 saturated carbocycles. The maximum atomic E-state index is 13.1. The van der Waals surface area contributed by atoms with E-state index in [1.165, 1.54) is 14.2 Å². The third-order valence-corrected chi connectivity index (χ3v) is 9.15. The van der Waals surface area contributed by atoms with Crippen LogP contribution in [-0.4, -0.2) is 20.2 Å².